The van der Waals surface area contributed by atoms with Crippen molar-refractivity contribution in [1.82, 2.24) is 10.2 Å². The molecule has 1 aliphatic heterocycles. The normalized spacial score (nSPS) is 13.5. The zero-order valence-corrected chi connectivity index (χ0v) is 29.5. The Morgan fingerprint density at radius 1 is 0.787 bits per heavy atom. The second-order valence-corrected chi connectivity index (χ2v) is 15.2. The molecule has 0 bridgehead atoms. The number of nitrogens with one attached hydrogen (secondary N) is 1. The molecule has 0 atom stereocenters. The van der Waals surface area contributed by atoms with Crippen LogP contribution in [0.3, 0.4) is 0 Å². The number of benzene rings is 1. The summed E-state index contributed by atoms with van der Waals surface area (Å²) in [7, 11) is 0. The number of rotatable bonds is 10. The molecule has 2 amide bonds. The fourth-order valence-electron chi connectivity index (χ4n) is 4.40. The number of carbonyl (C=O) groups excluding carboxylic acids is 5. The van der Waals surface area contributed by atoms with Gasteiger partial charge in [0.15, 0.2) is 30.5 Å². The molecule has 2 heterocycles. The van der Waals surface area contributed by atoms with Gasteiger partial charge in [-0.3, -0.25) is 9.59 Å². The Kier molecular flexibility index (Phi) is 12.1. The Morgan fingerprint density at radius 2 is 1.36 bits per heavy atom. The lowest BCUT2D eigenvalue weighted by atomic mass is 10.1. The number of hydrogen-bond donors (Lipinski definition) is 1. The molecular weight excluding hydrogens is 628 g/mol. The third-order valence-electron chi connectivity index (χ3n) is 6.17. The smallest absolute Gasteiger partial charge is 0.410 e. The van der Waals surface area contributed by atoms with E-state index in [0.29, 0.717) is 18.0 Å². The summed E-state index contributed by atoms with van der Waals surface area (Å²) in [5, 5.41) is 2.67. The molecule has 3 rings (SSSR count). The van der Waals surface area contributed by atoms with Crippen LogP contribution in [0.15, 0.2) is 24.3 Å². The third kappa shape index (κ3) is 12.5. The van der Waals surface area contributed by atoms with Crippen molar-refractivity contribution in [2.45, 2.75) is 98.5 Å². The summed E-state index contributed by atoms with van der Waals surface area (Å²) in [6.07, 6.45) is 1.06. The van der Waals surface area contributed by atoms with Gasteiger partial charge in [0.05, 0.1) is 18.0 Å². The highest BCUT2D eigenvalue weighted by molar-refractivity contribution is 7.14. The van der Waals surface area contributed by atoms with Gasteiger partial charge in [-0.1, -0.05) is 0 Å². The number of thiophene rings is 1. The molecule has 0 radical (unpaired) electrons. The van der Waals surface area contributed by atoms with Crippen LogP contribution in [-0.2, 0) is 36.8 Å². The summed E-state index contributed by atoms with van der Waals surface area (Å²) in [5.74, 6) is -1.94. The zero-order valence-electron chi connectivity index (χ0n) is 28.7. The number of fused-ring (bicyclic) bond motifs is 1. The molecule has 0 saturated carbocycles. The van der Waals surface area contributed by atoms with E-state index in [1.54, 1.807) is 52.5 Å². The van der Waals surface area contributed by atoms with E-state index in [2.05, 4.69) is 5.32 Å². The Labute approximate surface area is 280 Å². The predicted octanol–water partition coefficient (Wildman–Crippen LogP) is 5.49. The topological polar surface area (TPSA) is 147 Å². The predicted molar refractivity (Wildman–Crippen MR) is 175 cm³/mol. The maximum atomic E-state index is 13.1. The van der Waals surface area contributed by atoms with Crippen LogP contribution in [0.5, 0.6) is 11.5 Å². The fourth-order valence-corrected chi connectivity index (χ4v) is 5.53. The highest BCUT2D eigenvalue weighted by atomic mass is 32.1. The standard InChI is InChI=1S/C34H46N2O10S/c1-32(2,3)44-28(38)19-42-24-13-12-21(15-25(24)43-20-29(39)45-33(4,5)6)23(37)17-35-30(40)27-16-22-18-36(14-10-11-26(22)47-27)31(41)46-34(7,8)9/h12-13,15-16H,10-11,14,17-20H2,1-9H3,(H,35,40). The van der Waals surface area contributed by atoms with Crippen molar-refractivity contribution in [3.63, 3.8) is 0 Å². The second kappa shape index (κ2) is 15.2. The molecule has 0 aliphatic carbocycles. The first-order valence-electron chi connectivity index (χ1n) is 15.4. The number of Topliss-reactive ketones (excluding diaryl/α,β-unsaturated/α-hetero) is 1. The molecule has 1 aromatic heterocycles. The summed E-state index contributed by atoms with van der Waals surface area (Å²) < 4.78 is 27.3. The Hall–Kier alpha value is -4.13. The van der Waals surface area contributed by atoms with Crippen LogP contribution < -0.4 is 14.8 Å². The molecule has 12 nitrogen and oxygen atoms in total. The van der Waals surface area contributed by atoms with Gasteiger partial charge >= 0.3 is 18.0 Å². The number of nitrogens with zero attached hydrogens (tertiary/aromatic N) is 1. The molecule has 0 spiro atoms. The van der Waals surface area contributed by atoms with Crippen LogP contribution in [0.4, 0.5) is 4.79 Å². The quantitative estimate of drug-likeness (QED) is 0.195. The lowest BCUT2D eigenvalue weighted by Gasteiger charge is -2.26. The van der Waals surface area contributed by atoms with Crippen molar-refractivity contribution < 1.29 is 47.7 Å². The number of ketones is 1. The first-order valence-corrected chi connectivity index (χ1v) is 16.2. The molecule has 1 N–H and O–H groups in total. The van der Waals surface area contributed by atoms with Gasteiger partial charge in [-0.05, 0) is 105 Å². The summed E-state index contributed by atoms with van der Waals surface area (Å²) >= 11 is 1.34. The van der Waals surface area contributed by atoms with Crippen molar-refractivity contribution in [2.75, 3.05) is 26.3 Å². The van der Waals surface area contributed by atoms with Crippen LogP contribution in [-0.4, -0.2) is 77.7 Å². The molecule has 1 aromatic carbocycles. The van der Waals surface area contributed by atoms with Crippen molar-refractivity contribution >= 4 is 41.1 Å². The average Bonchev–Trinajstić information content (AvgIpc) is 3.22. The minimum Gasteiger partial charge on any atom is -0.478 e. The maximum absolute atomic E-state index is 13.1. The Morgan fingerprint density at radius 3 is 1.94 bits per heavy atom. The highest BCUT2D eigenvalue weighted by Gasteiger charge is 2.27. The molecule has 13 heteroatoms. The van der Waals surface area contributed by atoms with E-state index in [9.17, 15) is 24.0 Å². The van der Waals surface area contributed by atoms with Gasteiger partial charge in [-0.25, -0.2) is 14.4 Å². The van der Waals surface area contributed by atoms with Crippen molar-refractivity contribution in [3.8, 4) is 11.5 Å². The molecule has 1 aliphatic rings. The lowest BCUT2D eigenvalue weighted by Crippen LogP contribution is -2.36. The van der Waals surface area contributed by atoms with Gasteiger partial charge in [-0.15, -0.1) is 11.3 Å². The van der Waals surface area contributed by atoms with Crippen LogP contribution in [0.1, 0.15) is 99.2 Å². The van der Waals surface area contributed by atoms with Crippen LogP contribution in [0.2, 0.25) is 0 Å². The van der Waals surface area contributed by atoms with Gasteiger partial charge < -0.3 is 33.9 Å². The summed E-state index contributed by atoms with van der Waals surface area (Å²) in [6, 6.07) is 6.04. The lowest BCUT2D eigenvalue weighted by molar-refractivity contribution is -0.158. The van der Waals surface area contributed by atoms with E-state index in [-0.39, 0.29) is 23.6 Å². The van der Waals surface area contributed by atoms with Crippen molar-refractivity contribution in [2.24, 2.45) is 0 Å². The minimum absolute atomic E-state index is 0.0353. The van der Waals surface area contributed by atoms with Crippen LogP contribution in [0.25, 0.3) is 0 Å². The van der Waals surface area contributed by atoms with Gasteiger partial charge in [0.1, 0.15) is 16.8 Å². The Balaban J connectivity index is 1.68. The summed E-state index contributed by atoms with van der Waals surface area (Å²) in [5.41, 5.74) is -0.992. The number of esters is 2. The molecule has 0 fully saturated rings. The summed E-state index contributed by atoms with van der Waals surface area (Å²) in [4.78, 5) is 66.4. The number of hydrogen-bond acceptors (Lipinski definition) is 11. The molecule has 258 valence electrons. The monoisotopic (exact) mass is 674 g/mol. The van der Waals surface area contributed by atoms with E-state index in [1.165, 1.54) is 29.5 Å². The maximum Gasteiger partial charge on any atom is 0.410 e. The average molecular weight is 675 g/mol. The van der Waals surface area contributed by atoms with Crippen LogP contribution >= 0.6 is 11.3 Å². The number of aryl methyl sites for hydroxylation is 1. The number of ether oxygens (including phenoxy) is 5. The van der Waals surface area contributed by atoms with Crippen LogP contribution in [0, 0.1) is 0 Å². The van der Waals surface area contributed by atoms with E-state index >= 15 is 0 Å². The van der Waals surface area contributed by atoms with Gasteiger partial charge in [0, 0.05) is 17.0 Å². The zero-order chi connectivity index (χ0) is 35.2. The van der Waals surface area contributed by atoms with E-state index in [4.69, 9.17) is 23.7 Å². The fraction of sp³-hybridized carbons (Fsp3) is 0.559. The molecule has 2 aromatic rings. The molecular formula is C34H46N2O10S. The largest absolute Gasteiger partial charge is 0.478 e. The Bertz CT molecular complexity index is 1480. The molecule has 0 saturated heterocycles. The van der Waals surface area contributed by atoms with Gasteiger partial charge in [0.25, 0.3) is 5.91 Å². The van der Waals surface area contributed by atoms with Crippen molar-refractivity contribution in [3.05, 3.63) is 45.1 Å². The van der Waals surface area contributed by atoms with Gasteiger partial charge in [-0.2, -0.15) is 0 Å². The third-order valence-corrected chi connectivity index (χ3v) is 7.41. The first-order chi connectivity index (χ1) is 21.7. The van der Waals surface area contributed by atoms with E-state index < -0.39 is 59.7 Å². The highest BCUT2D eigenvalue weighted by Crippen LogP contribution is 2.30. The number of carbonyl (C=O) groups is 5. The molecule has 0 unspecified atom stereocenters. The molecule has 47 heavy (non-hydrogen) atoms. The van der Waals surface area contributed by atoms with Gasteiger partial charge in [0.2, 0.25) is 0 Å². The number of amides is 2. The second-order valence-electron chi connectivity index (χ2n) is 14.1. The minimum atomic E-state index is -0.731. The van der Waals surface area contributed by atoms with E-state index in [0.717, 1.165) is 23.3 Å². The SMILES string of the molecule is CC(C)(C)OC(=O)COc1ccc(C(=O)CNC(=O)c2cc3c(s2)CCCN(C(=O)OC(C)(C)C)C3)cc1OCC(=O)OC(C)(C)C. The van der Waals surface area contributed by atoms with E-state index in [1.807, 2.05) is 20.8 Å². The van der Waals surface area contributed by atoms with Crippen molar-refractivity contribution in [1.29, 1.82) is 0 Å². The first kappa shape index (κ1) is 37.3. The summed E-state index contributed by atoms with van der Waals surface area (Å²) in [6.45, 7) is 15.5.